The van der Waals surface area contributed by atoms with Crippen LogP contribution in [0.15, 0.2) is 28.7 Å². The molecule has 1 aliphatic rings. The second kappa shape index (κ2) is 4.64. The third-order valence-corrected chi connectivity index (χ3v) is 3.42. The zero-order valence-electron chi connectivity index (χ0n) is 9.28. The van der Waals surface area contributed by atoms with Crippen LogP contribution in [-0.4, -0.2) is 43.7 Å². The molecule has 0 amide bonds. The summed E-state index contributed by atoms with van der Waals surface area (Å²) in [5, 5.41) is 0. The molecule has 0 aliphatic carbocycles. The maximum Gasteiger partial charge on any atom is 0.0501 e. The molecule has 2 nitrogen and oxygen atoms in total. The molecular weight excluding hydrogens is 252 g/mol. The summed E-state index contributed by atoms with van der Waals surface area (Å²) in [4.78, 5) is 4.74. The van der Waals surface area contributed by atoms with E-state index in [2.05, 4.69) is 64.1 Å². The highest BCUT2D eigenvalue weighted by molar-refractivity contribution is 9.10. The van der Waals surface area contributed by atoms with Gasteiger partial charge in [0.05, 0.1) is 6.67 Å². The third kappa shape index (κ3) is 2.80. The molecule has 0 unspecified atom stereocenters. The molecule has 82 valence electrons. The molecule has 0 aromatic heterocycles. The van der Waals surface area contributed by atoms with Gasteiger partial charge >= 0.3 is 0 Å². The summed E-state index contributed by atoms with van der Waals surface area (Å²) in [6.07, 6.45) is 0. The van der Waals surface area contributed by atoms with Crippen molar-refractivity contribution in [2.45, 2.75) is 5.92 Å². The van der Waals surface area contributed by atoms with Gasteiger partial charge in [-0.2, -0.15) is 0 Å². The van der Waals surface area contributed by atoms with Gasteiger partial charge in [-0.25, -0.2) is 0 Å². The fraction of sp³-hybridized carbons (Fsp3) is 0.500. The van der Waals surface area contributed by atoms with Gasteiger partial charge in [0.2, 0.25) is 0 Å². The average molecular weight is 269 g/mol. The Balaban J connectivity index is 2.12. The van der Waals surface area contributed by atoms with Crippen LogP contribution in [-0.2, 0) is 0 Å². The molecule has 0 radical (unpaired) electrons. The Morgan fingerprint density at radius 3 is 2.13 bits per heavy atom. The van der Waals surface area contributed by atoms with E-state index in [1.165, 1.54) is 5.56 Å². The van der Waals surface area contributed by atoms with E-state index in [0.717, 1.165) is 24.2 Å². The first-order valence-corrected chi connectivity index (χ1v) is 6.07. The number of benzene rings is 1. The van der Waals surface area contributed by atoms with E-state index in [1.54, 1.807) is 0 Å². The number of likely N-dealkylation sites (N-methyl/N-ethyl adjacent to an activating group) is 2. The van der Waals surface area contributed by atoms with E-state index in [9.17, 15) is 0 Å². The molecule has 15 heavy (non-hydrogen) atoms. The molecule has 1 heterocycles. The van der Waals surface area contributed by atoms with E-state index in [-0.39, 0.29) is 0 Å². The quantitative estimate of drug-likeness (QED) is 0.772. The molecule has 1 saturated heterocycles. The smallest absolute Gasteiger partial charge is 0.0501 e. The summed E-state index contributed by atoms with van der Waals surface area (Å²) in [5.74, 6) is 0.641. The standard InChI is InChI=1S/C12H17BrN2/c1-14-7-11(8-15(2)9-14)10-3-5-12(13)6-4-10/h3-6,11H,7-9H2,1-2H3. The topological polar surface area (TPSA) is 6.48 Å². The lowest BCUT2D eigenvalue weighted by atomic mass is 9.97. The maximum atomic E-state index is 3.47. The van der Waals surface area contributed by atoms with Gasteiger partial charge < -0.3 is 0 Å². The van der Waals surface area contributed by atoms with Crippen LogP contribution >= 0.6 is 15.9 Å². The lowest BCUT2D eigenvalue weighted by Crippen LogP contribution is -2.44. The SMILES string of the molecule is CN1CC(c2ccc(Br)cc2)CN(C)C1. The van der Waals surface area contributed by atoms with Crippen LogP contribution in [0.2, 0.25) is 0 Å². The van der Waals surface area contributed by atoms with E-state index >= 15 is 0 Å². The van der Waals surface area contributed by atoms with Crippen LogP contribution in [0.3, 0.4) is 0 Å². The molecule has 2 rings (SSSR count). The summed E-state index contributed by atoms with van der Waals surface area (Å²) >= 11 is 3.47. The molecule has 0 bridgehead atoms. The van der Waals surface area contributed by atoms with Gasteiger partial charge in [0.25, 0.3) is 0 Å². The van der Waals surface area contributed by atoms with Gasteiger partial charge in [0.1, 0.15) is 0 Å². The lowest BCUT2D eigenvalue weighted by molar-refractivity contribution is 0.115. The highest BCUT2D eigenvalue weighted by Gasteiger charge is 2.21. The minimum absolute atomic E-state index is 0.641. The van der Waals surface area contributed by atoms with Crippen LogP contribution in [0, 0.1) is 0 Å². The molecule has 3 heteroatoms. The Morgan fingerprint density at radius 1 is 1.07 bits per heavy atom. The van der Waals surface area contributed by atoms with E-state index in [1.807, 2.05) is 0 Å². The van der Waals surface area contributed by atoms with Crippen molar-refractivity contribution in [1.82, 2.24) is 9.80 Å². The summed E-state index contributed by atoms with van der Waals surface area (Å²) in [5.41, 5.74) is 1.44. The van der Waals surface area contributed by atoms with Crippen LogP contribution in [0.25, 0.3) is 0 Å². The molecule has 0 spiro atoms. The van der Waals surface area contributed by atoms with Crippen molar-refractivity contribution >= 4 is 15.9 Å². The van der Waals surface area contributed by atoms with Gasteiger partial charge in [-0.05, 0) is 31.8 Å². The fourth-order valence-corrected chi connectivity index (χ4v) is 2.55. The largest absolute Gasteiger partial charge is 0.293 e. The fourth-order valence-electron chi connectivity index (χ4n) is 2.28. The van der Waals surface area contributed by atoms with Gasteiger partial charge in [-0.3, -0.25) is 9.80 Å². The van der Waals surface area contributed by atoms with Gasteiger partial charge in [0.15, 0.2) is 0 Å². The first-order valence-electron chi connectivity index (χ1n) is 5.27. The molecule has 1 aliphatic heterocycles. The van der Waals surface area contributed by atoms with Gasteiger partial charge in [-0.15, -0.1) is 0 Å². The Morgan fingerprint density at radius 2 is 1.60 bits per heavy atom. The number of nitrogens with zero attached hydrogens (tertiary/aromatic N) is 2. The Hall–Kier alpha value is -0.380. The van der Waals surface area contributed by atoms with Crippen LogP contribution in [0.1, 0.15) is 11.5 Å². The highest BCUT2D eigenvalue weighted by atomic mass is 79.9. The van der Waals surface area contributed by atoms with Crippen molar-refractivity contribution in [1.29, 1.82) is 0 Å². The van der Waals surface area contributed by atoms with Crippen molar-refractivity contribution in [2.75, 3.05) is 33.9 Å². The minimum atomic E-state index is 0.641. The second-order valence-electron chi connectivity index (χ2n) is 4.47. The summed E-state index contributed by atoms with van der Waals surface area (Å²) < 4.78 is 1.16. The molecule has 1 aromatic carbocycles. The molecule has 0 atom stereocenters. The predicted molar refractivity (Wildman–Crippen MR) is 67.0 cm³/mol. The molecule has 0 N–H and O–H groups in total. The highest BCUT2D eigenvalue weighted by Crippen LogP contribution is 2.23. The first-order chi connectivity index (χ1) is 7.15. The van der Waals surface area contributed by atoms with Crippen LogP contribution < -0.4 is 0 Å². The number of hydrogen-bond acceptors (Lipinski definition) is 2. The van der Waals surface area contributed by atoms with E-state index in [4.69, 9.17) is 0 Å². The lowest BCUT2D eigenvalue weighted by Gasteiger charge is -2.36. The van der Waals surface area contributed by atoms with Crippen molar-refractivity contribution in [3.8, 4) is 0 Å². The summed E-state index contributed by atoms with van der Waals surface area (Å²) in [6.45, 7) is 3.39. The average Bonchev–Trinajstić information content (AvgIpc) is 2.17. The molecule has 1 fully saturated rings. The molecule has 1 aromatic rings. The normalized spacial score (nSPS) is 20.7. The second-order valence-corrected chi connectivity index (χ2v) is 5.38. The van der Waals surface area contributed by atoms with E-state index in [0.29, 0.717) is 5.92 Å². The third-order valence-electron chi connectivity index (χ3n) is 2.89. The Labute approximate surface area is 100 Å². The zero-order valence-corrected chi connectivity index (χ0v) is 10.9. The minimum Gasteiger partial charge on any atom is -0.293 e. The van der Waals surface area contributed by atoms with Gasteiger partial charge in [0, 0.05) is 23.5 Å². The van der Waals surface area contributed by atoms with Gasteiger partial charge in [-0.1, -0.05) is 28.1 Å². The summed E-state index contributed by atoms with van der Waals surface area (Å²) in [7, 11) is 4.36. The van der Waals surface area contributed by atoms with E-state index < -0.39 is 0 Å². The zero-order chi connectivity index (χ0) is 10.8. The number of halogens is 1. The maximum absolute atomic E-state index is 3.47. The predicted octanol–water partition coefficient (Wildman–Crippen LogP) is 2.37. The molecule has 0 saturated carbocycles. The number of hydrogen-bond donors (Lipinski definition) is 0. The first kappa shape index (κ1) is 11.1. The Bertz CT molecular complexity index is 313. The van der Waals surface area contributed by atoms with Crippen LogP contribution in [0.4, 0.5) is 0 Å². The number of rotatable bonds is 1. The Kier molecular flexibility index (Phi) is 3.44. The molecular formula is C12H17BrN2. The van der Waals surface area contributed by atoms with Crippen molar-refractivity contribution < 1.29 is 0 Å². The van der Waals surface area contributed by atoms with Crippen molar-refractivity contribution in [3.63, 3.8) is 0 Å². The monoisotopic (exact) mass is 268 g/mol. The van der Waals surface area contributed by atoms with Crippen LogP contribution in [0.5, 0.6) is 0 Å². The van der Waals surface area contributed by atoms with Crippen molar-refractivity contribution in [2.24, 2.45) is 0 Å². The summed E-state index contributed by atoms with van der Waals surface area (Å²) in [6, 6.07) is 8.71. The van der Waals surface area contributed by atoms with Crippen molar-refractivity contribution in [3.05, 3.63) is 34.3 Å².